The van der Waals surface area contributed by atoms with E-state index in [2.05, 4.69) is 5.10 Å². The molecule has 0 atom stereocenters. The van der Waals surface area contributed by atoms with Crippen LogP contribution in [-0.4, -0.2) is 25.7 Å². The van der Waals surface area contributed by atoms with Crippen LogP contribution in [0.1, 0.15) is 27.0 Å². The molecule has 162 valence electrons. The van der Waals surface area contributed by atoms with Gasteiger partial charge in [0.15, 0.2) is 11.6 Å². The molecule has 7 nitrogen and oxygen atoms in total. The molecular weight excluding hydrogens is 423 g/mol. The van der Waals surface area contributed by atoms with Crippen LogP contribution in [0.15, 0.2) is 72.9 Å². The van der Waals surface area contributed by atoms with Gasteiger partial charge in [-0.3, -0.25) is 4.79 Å². The maximum absolute atomic E-state index is 14.3. The average molecular weight is 440 g/mol. The van der Waals surface area contributed by atoms with Gasteiger partial charge in [-0.15, -0.1) is 5.10 Å². The van der Waals surface area contributed by atoms with Gasteiger partial charge in [-0.25, -0.2) is 9.07 Å². The van der Waals surface area contributed by atoms with Crippen molar-refractivity contribution in [2.24, 2.45) is 0 Å². The molecule has 0 fully saturated rings. The zero-order valence-corrected chi connectivity index (χ0v) is 17.3. The number of aromatic nitrogens is 2. The first kappa shape index (κ1) is 20.3. The van der Waals surface area contributed by atoms with Gasteiger partial charge in [0.1, 0.15) is 11.8 Å². The second kappa shape index (κ2) is 8.13. The van der Waals surface area contributed by atoms with E-state index < -0.39 is 5.82 Å². The Labute approximate surface area is 188 Å². The predicted molar refractivity (Wildman–Crippen MR) is 116 cm³/mol. The van der Waals surface area contributed by atoms with Crippen molar-refractivity contribution >= 4 is 5.91 Å². The maximum Gasteiger partial charge on any atom is 0.258 e. The van der Waals surface area contributed by atoms with Crippen molar-refractivity contribution in [3.05, 3.63) is 101 Å². The minimum Gasteiger partial charge on any atom is -0.492 e. The third-order valence-electron chi connectivity index (χ3n) is 5.42. The predicted octanol–water partition coefficient (Wildman–Crippen LogP) is 4.54. The molecule has 0 radical (unpaired) electrons. The number of nitriles is 1. The summed E-state index contributed by atoms with van der Waals surface area (Å²) in [6.45, 7) is 0.767. The summed E-state index contributed by atoms with van der Waals surface area (Å²) in [5.41, 5.74) is 2.90. The molecule has 0 saturated heterocycles. The molecule has 1 N–H and O–H groups in total. The van der Waals surface area contributed by atoms with Crippen LogP contribution >= 0.6 is 0 Å². The Morgan fingerprint density at radius 3 is 2.61 bits per heavy atom. The number of carbonyl (C=O) groups is 1. The minimum absolute atomic E-state index is 0.0560. The lowest BCUT2D eigenvalue weighted by molar-refractivity contribution is 0.0764. The first-order chi connectivity index (χ1) is 16.0. The van der Waals surface area contributed by atoms with Gasteiger partial charge in [0.25, 0.3) is 5.91 Å². The summed E-state index contributed by atoms with van der Waals surface area (Å²) in [6.07, 6.45) is 1.65. The van der Waals surface area contributed by atoms with E-state index in [9.17, 15) is 19.6 Å². The van der Waals surface area contributed by atoms with Gasteiger partial charge in [0.2, 0.25) is 5.88 Å². The summed E-state index contributed by atoms with van der Waals surface area (Å²) in [4.78, 5) is 14.9. The average Bonchev–Trinajstić information content (AvgIpc) is 3.39. The zero-order chi connectivity index (χ0) is 22.9. The number of benzene rings is 3. The number of hydrogen-bond acceptors (Lipinski definition) is 5. The number of hydrogen-bond donors (Lipinski definition) is 1. The van der Waals surface area contributed by atoms with E-state index in [0.717, 1.165) is 16.8 Å². The molecule has 4 aromatic rings. The molecule has 3 aromatic carbocycles. The quantitative estimate of drug-likeness (QED) is 0.492. The summed E-state index contributed by atoms with van der Waals surface area (Å²) in [5, 5.41) is 22.6. The molecule has 0 saturated carbocycles. The molecule has 0 unspecified atom stereocenters. The lowest BCUT2D eigenvalue weighted by Crippen LogP contribution is -2.23. The number of amides is 1. The zero-order valence-electron chi connectivity index (χ0n) is 17.3. The Balaban J connectivity index is 1.37. The topological polar surface area (TPSA) is 91.4 Å². The largest absolute Gasteiger partial charge is 0.492 e. The van der Waals surface area contributed by atoms with Crippen molar-refractivity contribution < 1.29 is 19.0 Å². The van der Waals surface area contributed by atoms with Crippen molar-refractivity contribution in [2.75, 3.05) is 0 Å². The smallest absolute Gasteiger partial charge is 0.258 e. The van der Waals surface area contributed by atoms with Crippen molar-refractivity contribution in [3.63, 3.8) is 0 Å². The van der Waals surface area contributed by atoms with Crippen molar-refractivity contribution in [1.82, 2.24) is 14.7 Å². The number of ether oxygens (including phenoxy) is 1. The lowest BCUT2D eigenvalue weighted by atomic mass is 10.1. The lowest BCUT2D eigenvalue weighted by Gasteiger charge is -2.16. The third kappa shape index (κ3) is 3.77. The van der Waals surface area contributed by atoms with E-state index in [-0.39, 0.29) is 28.8 Å². The molecule has 1 amide bonds. The Hall–Kier alpha value is -4.64. The Morgan fingerprint density at radius 1 is 1.09 bits per heavy atom. The monoisotopic (exact) mass is 440 g/mol. The van der Waals surface area contributed by atoms with E-state index in [1.54, 1.807) is 27.9 Å². The fourth-order valence-corrected chi connectivity index (χ4v) is 3.84. The first-order valence-electron chi connectivity index (χ1n) is 10.1. The molecule has 1 aliphatic heterocycles. The van der Waals surface area contributed by atoms with Crippen LogP contribution in [-0.2, 0) is 13.1 Å². The number of halogens is 1. The van der Waals surface area contributed by atoms with Crippen molar-refractivity contribution in [2.45, 2.75) is 13.1 Å². The first-order valence-corrected chi connectivity index (χ1v) is 10.1. The van der Waals surface area contributed by atoms with Crippen LogP contribution in [0.3, 0.4) is 0 Å². The molecule has 0 spiro atoms. The Morgan fingerprint density at radius 2 is 1.88 bits per heavy atom. The van der Waals surface area contributed by atoms with Crippen molar-refractivity contribution in [3.8, 4) is 29.1 Å². The molecular formula is C25H17FN4O3. The highest BCUT2D eigenvalue weighted by Gasteiger charge is 2.31. The molecule has 1 aromatic heterocycles. The molecule has 1 aliphatic rings. The second-order valence-electron chi connectivity index (χ2n) is 7.57. The molecule has 2 heterocycles. The van der Waals surface area contributed by atoms with Crippen LogP contribution < -0.4 is 4.74 Å². The molecule has 0 aliphatic carbocycles. The summed E-state index contributed by atoms with van der Waals surface area (Å²) in [6, 6.07) is 20.2. The van der Waals surface area contributed by atoms with Gasteiger partial charge in [-0.1, -0.05) is 30.3 Å². The number of para-hydroxylation sites is 1. The fraction of sp³-hybridized carbons (Fsp3) is 0.0800. The van der Waals surface area contributed by atoms with Crippen molar-refractivity contribution in [1.29, 1.82) is 5.26 Å². The van der Waals surface area contributed by atoms with E-state index in [1.165, 1.54) is 24.3 Å². The van der Waals surface area contributed by atoms with Gasteiger partial charge in [0, 0.05) is 25.4 Å². The number of rotatable bonds is 5. The van der Waals surface area contributed by atoms with Gasteiger partial charge in [0.05, 0.1) is 16.8 Å². The summed E-state index contributed by atoms with van der Waals surface area (Å²) >= 11 is 0. The molecule has 33 heavy (non-hydrogen) atoms. The normalized spacial score (nSPS) is 12.5. The summed E-state index contributed by atoms with van der Waals surface area (Å²) in [5.74, 6) is -0.929. The standard InChI is InChI=1S/C25H17FN4O3/c26-20-5-1-3-17(13-27)24(20)33-21-6-2-4-18-15-29(25(32)23(18)21)14-16-7-9-19(10-8-16)30-12-11-22(31)28-30/h1-12H,14-15H2,(H,28,31). The number of fused-ring (bicyclic) bond motifs is 1. The Bertz CT molecular complexity index is 1410. The molecule has 0 bridgehead atoms. The molecule has 8 heteroatoms. The van der Waals surface area contributed by atoms with Gasteiger partial charge in [-0.05, 0) is 41.5 Å². The van der Waals surface area contributed by atoms with E-state index in [4.69, 9.17) is 4.74 Å². The van der Waals surface area contributed by atoms with Gasteiger partial charge in [-0.2, -0.15) is 5.26 Å². The number of carbonyl (C=O) groups excluding carboxylic acids is 1. The highest BCUT2D eigenvalue weighted by Crippen LogP contribution is 2.36. The van der Waals surface area contributed by atoms with Crippen LogP contribution in [0.25, 0.3) is 5.69 Å². The minimum atomic E-state index is -0.667. The maximum atomic E-state index is 14.3. The summed E-state index contributed by atoms with van der Waals surface area (Å²) < 4.78 is 21.6. The highest BCUT2D eigenvalue weighted by molar-refractivity contribution is 6.01. The van der Waals surface area contributed by atoms with Gasteiger partial charge >= 0.3 is 0 Å². The van der Waals surface area contributed by atoms with Crippen LogP contribution in [0.4, 0.5) is 4.39 Å². The van der Waals surface area contributed by atoms with E-state index in [1.807, 2.05) is 36.4 Å². The van der Waals surface area contributed by atoms with Crippen LogP contribution in [0.5, 0.6) is 17.4 Å². The van der Waals surface area contributed by atoms with E-state index >= 15 is 0 Å². The fourth-order valence-electron chi connectivity index (χ4n) is 3.84. The number of aromatic hydroxyl groups is 1. The highest BCUT2D eigenvalue weighted by atomic mass is 19.1. The molecule has 5 rings (SSSR count). The van der Waals surface area contributed by atoms with Crippen LogP contribution in [0, 0.1) is 17.1 Å². The number of nitrogens with zero attached hydrogens (tertiary/aromatic N) is 4. The van der Waals surface area contributed by atoms with Gasteiger partial charge < -0.3 is 14.7 Å². The summed E-state index contributed by atoms with van der Waals surface area (Å²) in [7, 11) is 0. The third-order valence-corrected chi connectivity index (χ3v) is 5.42. The Kier molecular flexibility index (Phi) is 4.99. The SMILES string of the molecule is N#Cc1cccc(F)c1Oc1cccc2c1C(=O)N(Cc1ccc(-n3ccc(O)n3)cc1)C2. The van der Waals surface area contributed by atoms with Crippen LogP contribution in [0.2, 0.25) is 0 Å². The second-order valence-corrected chi connectivity index (χ2v) is 7.57. The van der Waals surface area contributed by atoms with E-state index in [0.29, 0.717) is 18.7 Å².